The second-order valence-corrected chi connectivity index (χ2v) is 5.85. The number of nitrogens with one attached hydrogen (secondary N) is 2. The summed E-state index contributed by atoms with van der Waals surface area (Å²) in [6.07, 6.45) is 0.176. The standard InChI is InChI=1S/C16H17FN6O2/c1-23(2)15(24)9-4-5-11(20-14(9)25-3)21-16-19-10-6-8(7-18)12(17)13(10)22-16/h4-6,8,12-13H,1-3H3,(H2,19,20,21,22)/t8?,12-,13-/m1/s1. The van der Waals surface area contributed by atoms with Crippen LogP contribution in [0.5, 0.6) is 5.88 Å². The zero-order valence-electron chi connectivity index (χ0n) is 13.9. The zero-order valence-corrected chi connectivity index (χ0v) is 13.9. The number of alkyl halides is 1. The third-order valence-corrected chi connectivity index (χ3v) is 3.94. The van der Waals surface area contributed by atoms with Crippen molar-refractivity contribution in [3.8, 4) is 11.9 Å². The van der Waals surface area contributed by atoms with Crippen LogP contribution < -0.4 is 15.4 Å². The summed E-state index contributed by atoms with van der Waals surface area (Å²) < 4.78 is 19.2. The van der Waals surface area contributed by atoms with Crippen molar-refractivity contribution < 1.29 is 13.9 Å². The van der Waals surface area contributed by atoms with Crippen LogP contribution in [0.4, 0.5) is 10.2 Å². The molecule has 1 amide bonds. The normalized spacial score (nSPS) is 23.7. The van der Waals surface area contributed by atoms with Crippen molar-refractivity contribution in [1.82, 2.24) is 15.2 Å². The summed E-state index contributed by atoms with van der Waals surface area (Å²) in [5, 5.41) is 14.7. The Kier molecular flexibility index (Phi) is 4.27. The number of ether oxygens (including phenoxy) is 1. The van der Waals surface area contributed by atoms with Gasteiger partial charge >= 0.3 is 0 Å². The molecule has 1 aromatic rings. The van der Waals surface area contributed by atoms with Crippen molar-refractivity contribution in [1.29, 1.82) is 5.26 Å². The molecule has 0 saturated carbocycles. The molecule has 0 fully saturated rings. The van der Waals surface area contributed by atoms with E-state index in [1.165, 1.54) is 12.0 Å². The molecule has 0 aromatic carbocycles. The van der Waals surface area contributed by atoms with Crippen molar-refractivity contribution >= 4 is 17.7 Å². The van der Waals surface area contributed by atoms with Gasteiger partial charge in [-0.3, -0.25) is 4.79 Å². The highest BCUT2D eigenvalue weighted by Crippen LogP contribution is 2.31. The molecule has 8 nitrogen and oxygen atoms in total. The van der Waals surface area contributed by atoms with Crippen LogP contribution in [-0.2, 0) is 0 Å². The van der Waals surface area contributed by atoms with Crippen molar-refractivity contribution in [3.05, 3.63) is 29.5 Å². The number of carbonyl (C=O) groups excluding carboxylic acids is 1. The number of hydrogen-bond donors (Lipinski definition) is 2. The number of fused-ring (bicyclic) bond motifs is 1. The molecule has 1 aliphatic heterocycles. The Hall–Kier alpha value is -3.15. The number of halogens is 1. The van der Waals surface area contributed by atoms with Gasteiger partial charge in [-0.25, -0.2) is 9.38 Å². The molecule has 2 N–H and O–H groups in total. The van der Waals surface area contributed by atoms with Gasteiger partial charge in [-0.15, -0.1) is 0 Å². The lowest BCUT2D eigenvalue weighted by molar-refractivity contribution is 0.0823. The first-order valence-electron chi connectivity index (χ1n) is 7.58. The van der Waals surface area contributed by atoms with E-state index in [1.54, 1.807) is 32.3 Å². The van der Waals surface area contributed by atoms with E-state index in [0.717, 1.165) is 0 Å². The highest BCUT2D eigenvalue weighted by Gasteiger charge is 2.41. The van der Waals surface area contributed by atoms with Crippen LogP contribution in [0, 0.1) is 17.2 Å². The molecule has 1 aromatic heterocycles. The van der Waals surface area contributed by atoms with Gasteiger partial charge in [-0.1, -0.05) is 0 Å². The minimum Gasteiger partial charge on any atom is -0.480 e. The van der Waals surface area contributed by atoms with E-state index in [0.29, 0.717) is 23.0 Å². The molecule has 0 spiro atoms. The Labute approximate surface area is 144 Å². The molecule has 0 bridgehead atoms. The number of nitriles is 1. The van der Waals surface area contributed by atoms with Gasteiger partial charge in [0.15, 0.2) is 0 Å². The number of allylic oxidation sites excluding steroid dienone is 1. The van der Waals surface area contributed by atoms with Crippen LogP contribution in [0.15, 0.2) is 28.9 Å². The van der Waals surface area contributed by atoms with Crippen LogP contribution in [-0.4, -0.2) is 55.2 Å². The first-order valence-corrected chi connectivity index (χ1v) is 7.58. The van der Waals surface area contributed by atoms with E-state index < -0.39 is 18.1 Å². The number of carbonyl (C=O) groups is 1. The molecule has 9 heteroatoms. The van der Waals surface area contributed by atoms with Gasteiger partial charge in [-0.2, -0.15) is 10.2 Å². The molecule has 0 radical (unpaired) electrons. The largest absolute Gasteiger partial charge is 0.480 e. The van der Waals surface area contributed by atoms with E-state index in [2.05, 4.69) is 20.6 Å². The average molecular weight is 344 g/mol. The second-order valence-electron chi connectivity index (χ2n) is 5.85. The number of rotatable bonds is 3. The molecule has 1 aliphatic carbocycles. The molecule has 3 atom stereocenters. The number of aromatic nitrogens is 1. The molecule has 2 heterocycles. The first kappa shape index (κ1) is 16.7. The van der Waals surface area contributed by atoms with E-state index in [-0.39, 0.29) is 11.8 Å². The molecule has 3 rings (SSSR count). The summed E-state index contributed by atoms with van der Waals surface area (Å²) >= 11 is 0. The maximum atomic E-state index is 14.1. The Morgan fingerprint density at radius 1 is 1.48 bits per heavy atom. The number of aliphatic imine (C=N–C) groups is 1. The fourth-order valence-electron chi connectivity index (χ4n) is 2.68. The minimum atomic E-state index is -1.37. The van der Waals surface area contributed by atoms with Crippen LogP contribution in [0.1, 0.15) is 10.4 Å². The van der Waals surface area contributed by atoms with Gasteiger partial charge in [0.25, 0.3) is 5.91 Å². The lowest BCUT2D eigenvalue weighted by Gasteiger charge is -2.14. The predicted molar refractivity (Wildman–Crippen MR) is 88.9 cm³/mol. The first-order chi connectivity index (χ1) is 11.9. The molecule has 25 heavy (non-hydrogen) atoms. The molecule has 1 unspecified atom stereocenters. The Bertz CT molecular complexity index is 813. The highest BCUT2D eigenvalue weighted by molar-refractivity contribution is 5.98. The minimum absolute atomic E-state index is 0.176. The third kappa shape index (κ3) is 2.98. The average Bonchev–Trinajstić information content (AvgIpc) is 3.12. The number of nitrogens with zero attached hydrogens (tertiary/aromatic N) is 4. The summed E-state index contributed by atoms with van der Waals surface area (Å²) in [5.41, 5.74) is 0.896. The molecule has 0 saturated heterocycles. The lowest BCUT2D eigenvalue weighted by atomic mass is 10.1. The smallest absolute Gasteiger partial charge is 0.258 e. The summed E-state index contributed by atoms with van der Waals surface area (Å²) in [4.78, 5) is 22.0. The molecular weight excluding hydrogens is 327 g/mol. The van der Waals surface area contributed by atoms with Crippen LogP contribution in [0.25, 0.3) is 0 Å². The van der Waals surface area contributed by atoms with Crippen LogP contribution >= 0.6 is 0 Å². The molecule has 130 valence electrons. The van der Waals surface area contributed by atoms with Crippen molar-refractivity contribution in [2.45, 2.75) is 12.2 Å². The summed E-state index contributed by atoms with van der Waals surface area (Å²) in [6.45, 7) is 0. The molecule has 2 aliphatic rings. The Morgan fingerprint density at radius 3 is 2.84 bits per heavy atom. The van der Waals surface area contributed by atoms with Gasteiger partial charge in [-0.05, 0) is 18.2 Å². The van der Waals surface area contributed by atoms with Gasteiger partial charge in [0.05, 0.1) is 13.2 Å². The number of anilines is 1. The van der Waals surface area contributed by atoms with E-state index in [4.69, 9.17) is 10.00 Å². The maximum Gasteiger partial charge on any atom is 0.258 e. The van der Waals surface area contributed by atoms with E-state index >= 15 is 0 Å². The number of hydrogen-bond acceptors (Lipinski definition) is 7. The SMILES string of the molecule is COc1nc(NC2=N[C@@H]3C(=CC(C#N)[C@H]3F)N2)ccc1C(=O)N(C)C. The number of amides is 1. The van der Waals surface area contributed by atoms with E-state index in [1.807, 2.05) is 6.07 Å². The summed E-state index contributed by atoms with van der Waals surface area (Å²) in [5.74, 6) is -0.112. The third-order valence-electron chi connectivity index (χ3n) is 3.94. The van der Waals surface area contributed by atoms with Crippen molar-refractivity contribution in [2.75, 3.05) is 26.5 Å². The number of guanidine groups is 1. The quantitative estimate of drug-likeness (QED) is 0.845. The number of pyridine rings is 1. The van der Waals surface area contributed by atoms with Gasteiger partial charge < -0.3 is 20.3 Å². The predicted octanol–water partition coefficient (Wildman–Crippen LogP) is 0.907. The van der Waals surface area contributed by atoms with Gasteiger partial charge in [0, 0.05) is 19.8 Å². The Balaban J connectivity index is 1.77. The van der Waals surface area contributed by atoms with Crippen LogP contribution in [0.3, 0.4) is 0 Å². The maximum absolute atomic E-state index is 14.1. The highest BCUT2D eigenvalue weighted by atomic mass is 19.1. The lowest BCUT2D eigenvalue weighted by Crippen LogP contribution is -2.26. The zero-order chi connectivity index (χ0) is 18.1. The second kappa shape index (κ2) is 6.39. The van der Waals surface area contributed by atoms with Crippen molar-refractivity contribution in [3.63, 3.8) is 0 Å². The Morgan fingerprint density at radius 2 is 2.24 bits per heavy atom. The van der Waals surface area contributed by atoms with Crippen LogP contribution in [0.2, 0.25) is 0 Å². The number of methoxy groups -OCH3 is 1. The van der Waals surface area contributed by atoms with Crippen molar-refractivity contribution in [2.24, 2.45) is 10.9 Å². The summed E-state index contributed by atoms with van der Waals surface area (Å²) in [7, 11) is 4.70. The fraction of sp³-hybridized carbons (Fsp3) is 0.375. The van der Waals surface area contributed by atoms with E-state index in [9.17, 15) is 9.18 Å². The fourth-order valence-corrected chi connectivity index (χ4v) is 2.68. The molecular formula is C16H17FN6O2. The summed E-state index contributed by atoms with van der Waals surface area (Å²) in [6, 6.07) is 4.40. The van der Waals surface area contributed by atoms with Gasteiger partial charge in [0.2, 0.25) is 11.8 Å². The topological polar surface area (TPSA) is 103 Å². The van der Waals surface area contributed by atoms with Gasteiger partial charge in [0.1, 0.15) is 29.5 Å². The monoisotopic (exact) mass is 344 g/mol.